The normalized spacial score (nSPS) is 12.9. The van der Waals surface area contributed by atoms with E-state index in [0.717, 1.165) is 29.9 Å². The van der Waals surface area contributed by atoms with Gasteiger partial charge in [0.05, 0.1) is 5.69 Å². The Kier molecular flexibility index (Phi) is 5.25. The third kappa shape index (κ3) is 4.29. The number of imidazole rings is 1. The molecule has 2 heterocycles. The van der Waals surface area contributed by atoms with Crippen molar-refractivity contribution >= 4 is 34.9 Å². The van der Waals surface area contributed by atoms with Gasteiger partial charge in [0, 0.05) is 35.8 Å². The largest absolute Gasteiger partial charge is 0.367 e. The van der Waals surface area contributed by atoms with E-state index in [1.807, 2.05) is 54.3 Å². The Labute approximate surface area is 185 Å². The number of nitrogens with one attached hydrogen (secondary N) is 3. The lowest BCUT2D eigenvalue weighted by Crippen LogP contribution is -2.17. The minimum atomic E-state index is -0.164. The highest BCUT2D eigenvalue weighted by Crippen LogP contribution is 2.36. The van der Waals surface area contributed by atoms with Gasteiger partial charge in [-0.3, -0.25) is 9.69 Å². The first-order valence-corrected chi connectivity index (χ1v) is 10.5. The minimum absolute atomic E-state index is 0.164. The van der Waals surface area contributed by atoms with E-state index in [9.17, 15) is 4.79 Å². The molecule has 0 radical (unpaired) electrons. The number of rotatable bonds is 7. The van der Waals surface area contributed by atoms with Gasteiger partial charge in [-0.2, -0.15) is 0 Å². The molecule has 2 aromatic heterocycles. The van der Waals surface area contributed by atoms with Gasteiger partial charge in [-0.25, -0.2) is 15.0 Å². The molecule has 0 bridgehead atoms. The van der Waals surface area contributed by atoms with E-state index < -0.39 is 0 Å². The number of anilines is 5. The Bertz CT molecular complexity index is 1220. The van der Waals surface area contributed by atoms with Gasteiger partial charge in [0.1, 0.15) is 18.0 Å². The van der Waals surface area contributed by atoms with Crippen molar-refractivity contribution in [2.75, 3.05) is 15.5 Å². The van der Waals surface area contributed by atoms with Gasteiger partial charge in [-0.05, 0) is 49.6 Å². The second kappa shape index (κ2) is 8.50. The van der Waals surface area contributed by atoms with Gasteiger partial charge in [-0.15, -0.1) is 0 Å². The third-order valence-corrected chi connectivity index (χ3v) is 5.25. The molecule has 160 valence electrons. The standard InChI is InChI=1S/C24H23N7O/c1-16-7-8-19(30-23(32)17-5-3-2-4-6-17)13-20(16)31(24-25-11-12-26-24)22-14-21(27-15-28-22)29-18-9-10-18/h2-8,11-15,18H,9-10H2,1H3,(H,25,26)(H,30,32)(H,27,28,29). The topological polar surface area (TPSA) is 98.8 Å². The molecule has 3 N–H and O–H groups in total. The van der Waals surface area contributed by atoms with Crippen LogP contribution in [-0.4, -0.2) is 31.9 Å². The quantitative estimate of drug-likeness (QED) is 0.393. The van der Waals surface area contributed by atoms with Crippen molar-refractivity contribution < 1.29 is 4.79 Å². The maximum atomic E-state index is 12.7. The Morgan fingerprint density at radius 1 is 1.06 bits per heavy atom. The van der Waals surface area contributed by atoms with Gasteiger partial charge in [0.15, 0.2) is 0 Å². The molecule has 0 aliphatic heterocycles. The molecule has 0 spiro atoms. The van der Waals surface area contributed by atoms with Crippen LogP contribution < -0.4 is 15.5 Å². The number of benzene rings is 2. The van der Waals surface area contributed by atoms with Crippen LogP contribution in [-0.2, 0) is 0 Å². The molecule has 0 unspecified atom stereocenters. The van der Waals surface area contributed by atoms with Gasteiger partial charge < -0.3 is 15.6 Å². The lowest BCUT2D eigenvalue weighted by Gasteiger charge is -2.24. The number of H-pyrrole nitrogens is 1. The highest BCUT2D eigenvalue weighted by atomic mass is 16.1. The molecule has 32 heavy (non-hydrogen) atoms. The molecule has 2 aromatic carbocycles. The van der Waals surface area contributed by atoms with Gasteiger partial charge >= 0.3 is 0 Å². The molecule has 1 saturated carbocycles. The first kappa shape index (κ1) is 19.7. The van der Waals surface area contributed by atoms with E-state index in [1.54, 1.807) is 30.9 Å². The molecular weight excluding hydrogens is 402 g/mol. The summed E-state index contributed by atoms with van der Waals surface area (Å²) in [7, 11) is 0. The fourth-order valence-corrected chi connectivity index (χ4v) is 3.43. The van der Waals surface area contributed by atoms with Crippen LogP contribution >= 0.6 is 0 Å². The van der Waals surface area contributed by atoms with E-state index in [1.165, 1.54) is 0 Å². The summed E-state index contributed by atoms with van der Waals surface area (Å²) in [6, 6.07) is 17.3. The predicted octanol–water partition coefficient (Wildman–Crippen LogP) is 4.80. The number of nitrogens with zero attached hydrogens (tertiary/aromatic N) is 4. The molecular formula is C24H23N7O. The van der Waals surface area contributed by atoms with Crippen LogP contribution in [0.15, 0.2) is 73.3 Å². The summed E-state index contributed by atoms with van der Waals surface area (Å²) in [6.45, 7) is 2.01. The summed E-state index contributed by atoms with van der Waals surface area (Å²) >= 11 is 0. The number of hydrogen-bond acceptors (Lipinski definition) is 6. The first-order chi connectivity index (χ1) is 15.7. The van der Waals surface area contributed by atoms with Gasteiger partial charge in [0.25, 0.3) is 5.91 Å². The van der Waals surface area contributed by atoms with Crippen molar-refractivity contribution in [3.63, 3.8) is 0 Å². The number of aromatic amines is 1. The number of amides is 1. The number of aryl methyl sites for hydroxylation is 1. The predicted molar refractivity (Wildman–Crippen MR) is 125 cm³/mol. The van der Waals surface area contributed by atoms with E-state index in [-0.39, 0.29) is 5.91 Å². The molecule has 0 saturated heterocycles. The first-order valence-electron chi connectivity index (χ1n) is 10.5. The third-order valence-electron chi connectivity index (χ3n) is 5.25. The van der Waals surface area contributed by atoms with Crippen molar-refractivity contribution in [3.8, 4) is 0 Å². The summed E-state index contributed by atoms with van der Waals surface area (Å²) in [5, 5.41) is 6.39. The molecule has 8 heteroatoms. The average molecular weight is 425 g/mol. The maximum Gasteiger partial charge on any atom is 0.255 e. The lowest BCUT2D eigenvalue weighted by atomic mass is 10.1. The Morgan fingerprint density at radius 3 is 2.66 bits per heavy atom. The van der Waals surface area contributed by atoms with Crippen molar-refractivity contribution in [3.05, 3.63) is 84.4 Å². The van der Waals surface area contributed by atoms with E-state index >= 15 is 0 Å². The van der Waals surface area contributed by atoms with Crippen LogP contribution in [0.2, 0.25) is 0 Å². The average Bonchev–Trinajstić information content (AvgIpc) is 3.47. The molecule has 1 amide bonds. The van der Waals surface area contributed by atoms with Crippen LogP contribution in [0.4, 0.5) is 29.0 Å². The molecule has 1 aliphatic rings. The van der Waals surface area contributed by atoms with Crippen LogP contribution in [0, 0.1) is 6.92 Å². The van der Waals surface area contributed by atoms with E-state index in [0.29, 0.717) is 29.1 Å². The summed E-state index contributed by atoms with van der Waals surface area (Å²) in [4.78, 5) is 31.1. The summed E-state index contributed by atoms with van der Waals surface area (Å²) in [5.41, 5.74) is 3.14. The second-order valence-corrected chi connectivity index (χ2v) is 7.75. The molecule has 0 atom stereocenters. The van der Waals surface area contributed by atoms with Crippen molar-refractivity contribution in [1.29, 1.82) is 0 Å². The summed E-state index contributed by atoms with van der Waals surface area (Å²) in [6.07, 6.45) is 7.33. The fourth-order valence-electron chi connectivity index (χ4n) is 3.43. The summed E-state index contributed by atoms with van der Waals surface area (Å²) in [5.74, 6) is 1.91. The number of carbonyl (C=O) groups excluding carboxylic acids is 1. The van der Waals surface area contributed by atoms with E-state index in [4.69, 9.17) is 0 Å². The zero-order valence-corrected chi connectivity index (χ0v) is 17.6. The van der Waals surface area contributed by atoms with Crippen LogP contribution in [0.1, 0.15) is 28.8 Å². The van der Waals surface area contributed by atoms with Gasteiger partial charge in [0.2, 0.25) is 5.95 Å². The molecule has 1 aliphatic carbocycles. The Hall–Kier alpha value is -4.20. The van der Waals surface area contributed by atoms with Crippen molar-refractivity contribution in [2.45, 2.75) is 25.8 Å². The SMILES string of the molecule is Cc1ccc(NC(=O)c2ccccc2)cc1N(c1cc(NC2CC2)ncn1)c1ncc[nH]1. The van der Waals surface area contributed by atoms with Crippen LogP contribution in [0.5, 0.6) is 0 Å². The lowest BCUT2D eigenvalue weighted by molar-refractivity contribution is 0.102. The number of hydrogen-bond donors (Lipinski definition) is 3. The molecule has 4 aromatic rings. The monoisotopic (exact) mass is 425 g/mol. The smallest absolute Gasteiger partial charge is 0.255 e. The number of aromatic nitrogens is 4. The van der Waals surface area contributed by atoms with Crippen molar-refractivity contribution in [1.82, 2.24) is 19.9 Å². The Balaban J connectivity index is 1.50. The van der Waals surface area contributed by atoms with Crippen LogP contribution in [0.3, 0.4) is 0 Å². The highest BCUT2D eigenvalue weighted by Gasteiger charge is 2.23. The molecule has 1 fully saturated rings. The molecule has 8 nitrogen and oxygen atoms in total. The number of carbonyl (C=O) groups is 1. The van der Waals surface area contributed by atoms with E-state index in [2.05, 4.69) is 30.6 Å². The molecule has 5 rings (SSSR count). The minimum Gasteiger partial charge on any atom is -0.367 e. The maximum absolute atomic E-state index is 12.7. The second-order valence-electron chi connectivity index (χ2n) is 7.75. The van der Waals surface area contributed by atoms with Crippen LogP contribution in [0.25, 0.3) is 0 Å². The Morgan fingerprint density at radius 2 is 1.91 bits per heavy atom. The zero-order valence-electron chi connectivity index (χ0n) is 17.6. The fraction of sp³-hybridized carbons (Fsp3) is 0.167. The highest BCUT2D eigenvalue weighted by molar-refractivity contribution is 6.04. The van der Waals surface area contributed by atoms with Crippen molar-refractivity contribution in [2.24, 2.45) is 0 Å². The zero-order chi connectivity index (χ0) is 21.9. The van der Waals surface area contributed by atoms with Gasteiger partial charge in [-0.1, -0.05) is 24.3 Å². The summed E-state index contributed by atoms with van der Waals surface area (Å²) < 4.78 is 0.